The molecule has 26 heavy (non-hydrogen) atoms. The Morgan fingerprint density at radius 1 is 1.27 bits per heavy atom. The van der Waals surface area contributed by atoms with Gasteiger partial charge >= 0.3 is 0 Å². The fourth-order valence-corrected chi connectivity index (χ4v) is 3.63. The minimum absolute atomic E-state index is 0.220. The lowest BCUT2D eigenvalue weighted by atomic mass is 9.95. The zero-order valence-electron chi connectivity index (χ0n) is 15.6. The van der Waals surface area contributed by atoms with E-state index < -0.39 is 0 Å². The lowest BCUT2D eigenvalue weighted by Crippen LogP contribution is -2.32. The van der Waals surface area contributed by atoms with Gasteiger partial charge in [-0.1, -0.05) is 5.16 Å². The largest absolute Gasteiger partial charge is 0.382 e. The molecule has 1 aliphatic rings. The van der Waals surface area contributed by atoms with Crippen molar-refractivity contribution in [2.75, 3.05) is 18.8 Å². The number of anilines is 1. The predicted octanol–water partition coefficient (Wildman–Crippen LogP) is 2.47. The maximum Gasteiger partial charge on any atom is 0.222 e. The number of aryl methyl sites for hydroxylation is 2. The summed E-state index contributed by atoms with van der Waals surface area (Å²) in [5, 5.41) is 3.96. The van der Waals surface area contributed by atoms with Crippen molar-refractivity contribution in [2.45, 2.75) is 52.4 Å². The Hall–Kier alpha value is -2.44. The number of aromatic nitrogens is 3. The summed E-state index contributed by atoms with van der Waals surface area (Å²) in [6, 6.07) is 0. The highest BCUT2D eigenvalue weighted by atomic mass is 16.5. The summed E-state index contributed by atoms with van der Waals surface area (Å²) in [7, 11) is 0. The first-order valence-electron chi connectivity index (χ1n) is 9.29. The van der Waals surface area contributed by atoms with Gasteiger partial charge in [0.05, 0.1) is 23.8 Å². The van der Waals surface area contributed by atoms with Crippen LogP contribution < -0.4 is 5.73 Å². The lowest BCUT2D eigenvalue weighted by Gasteiger charge is -2.20. The van der Waals surface area contributed by atoms with E-state index in [-0.39, 0.29) is 5.91 Å². The molecule has 2 N–H and O–H groups in total. The number of rotatable bonds is 5. The Bertz CT molecular complexity index is 721. The quantitative estimate of drug-likeness (QED) is 0.883. The normalized spacial score (nSPS) is 17.9. The topological polar surface area (TPSA) is 98.1 Å². The van der Waals surface area contributed by atoms with Crippen molar-refractivity contribution in [3.8, 4) is 0 Å². The first-order valence-corrected chi connectivity index (χ1v) is 9.29. The monoisotopic (exact) mass is 357 g/mol. The van der Waals surface area contributed by atoms with Crippen LogP contribution in [0, 0.1) is 19.8 Å². The third-order valence-corrected chi connectivity index (χ3v) is 5.19. The van der Waals surface area contributed by atoms with Gasteiger partial charge in [0, 0.05) is 25.1 Å². The fraction of sp³-hybridized carbons (Fsp3) is 0.579. The van der Waals surface area contributed by atoms with E-state index in [1.165, 1.54) is 0 Å². The molecule has 1 fully saturated rings. The second-order valence-corrected chi connectivity index (χ2v) is 7.12. The molecule has 1 atom stereocenters. The van der Waals surface area contributed by atoms with E-state index in [1.54, 1.807) is 12.4 Å². The third kappa shape index (κ3) is 4.59. The summed E-state index contributed by atoms with van der Waals surface area (Å²) in [6.07, 6.45) is 8.61. The Balaban J connectivity index is 1.49. The van der Waals surface area contributed by atoms with Crippen molar-refractivity contribution in [1.29, 1.82) is 0 Å². The van der Waals surface area contributed by atoms with Crippen LogP contribution in [0.4, 0.5) is 5.82 Å². The molecular formula is C19H27N5O2. The zero-order valence-corrected chi connectivity index (χ0v) is 15.6. The van der Waals surface area contributed by atoms with Crippen LogP contribution in [-0.2, 0) is 17.6 Å². The fourth-order valence-electron chi connectivity index (χ4n) is 3.63. The van der Waals surface area contributed by atoms with Crippen LogP contribution in [0.15, 0.2) is 16.9 Å². The van der Waals surface area contributed by atoms with Gasteiger partial charge in [0.1, 0.15) is 11.6 Å². The molecule has 0 spiro atoms. The first-order chi connectivity index (χ1) is 12.5. The van der Waals surface area contributed by atoms with Gasteiger partial charge in [0.15, 0.2) is 0 Å². The number of likely N-dealkylation sites (tertiary alicyclic amines) is 1. The van der Waals surface area contributed by atoms with Gasteiger partial charge in [-0.2, -0.15) is 0 Å². The molecule has 1 amide bonds. The van der Waals surface area contributed by atoms with Crippen LogP contribution in [-0.4, -0.2) is 39.0 Å². The Morgan fingerprint density at radius 2 is 2.12 bits per heavy atom. The maximum absolute atomic E-state index is 12.6. The van der Waals surface area contributed by atoms with Gasteiger partial charge < -0.3 is 15.2 Å². The number of amides is 1. The molecule has 2 aromatic heterocycles. The number of nitrogens with zero attached hydrogens (tertiary/aromatic N) is 4. The smallest absolute Gasteiger partial charge is 0.222 e. The molecule has 7 heteroatoms. The summed E-state index contributed by atoms with van der Waals surface area (Å²) < 4.78 is 5.18. The zero-order chi connectivity index (χ0) is 18.5. The molecule has 0 unspecified atom stereocenters. The number of carbonyl (C=O) groups excluding carboxylic acids is 1. The molecule has 0 bridgehead atoms. The highest BCUT2D eigenvalue weighted by molar-refractivity contribution is 5.76. The van der Waals surface area contributed by atoms with Crippen LogP contribution in [0.1, 0.15) is 48.4 Å². The van der Waals surface area contributed by atoms with Crippen LogP contribution in [0.25, 0.3) is 0 Å². The summed E-state index contributed by atoms with van der Waals surface area (Å²) in [5.74, 6) is 2.02. The van der Waals surface area contributed by atoms with Crippen molar-refractivity contribution in [3.63, 3.8) is 0 Å². The van der Waals surface area contributed by atoms with Gasteiger partial charge in [-0.3, -0.25) is 9.78 Å². The molecule has 1 saturated heterocycles. The minimum atomic E-state index is 0.220. The van der Waals surface area contributed by atoms with Crippen molar-refractivity contribution in [1.82, 2.24) is 20.0 Å². The van der Waals surface area contributed by atoms with Crippen LogP contribution in [0.2, 0.25) is 0 Å². The molecule has 0 aliphatic carbocycles. The van der Waals surface area contributed by atoms with Gasteiger partial charge in [0.25, 0.3) is 0 Å². The van der Waals surface area contributed by atoms with Gasteiger partial charge in [0.2, 0.25) is 5.91 Å². The van der Waals surface area contributed by atoms with Gasteiger partial charge in [-0.15, -0.1) is 0 Å². The number of nitrogens with two attached hydrogens (primary N) is 1. The number of nitrogen functional groups attached to an aromatic ring is 1. The molecule has 0 aromatic carbocycles. The molecular weight excluding hydrogens is 330 g/mol. The highest BCUT2D eigenvalue weighted by Crippen LogP contribution is 2.22. The second kappa shape index (κ2) is 8.29. The van der Waals surface area contributed by atoms with Crippen molar-refractivity contribution < 1.29 is 9.32 Å². The van der Waals surface area contributed by atoms with E-state index in [9.17, 15) is 4.79 Å². The van der Waals surface area contributed by atoms with Gasteiger partial charge in [-0.25, -0.2) is 4.98 Å². The number of hydrogen-bond acceptors (Lipinski definition) is 6. The lowest BCUT2D eigenvalue weighted by molar-refractivity contribution is -0.131. The van der Waals surface area contributed by atoms with E-state index in [1.807, 2.05) is 18.7 Å². The summed E-state index contributed by atoms with van der Waals surface area (Å²) in [5.41, 5.74) is 8.51. The van der Waals surface area contributed by atoms with Crippen molar-refractivity contribution in [3.05, 3.63) is 35.1 Å². The molecule has 3 rings (SSSR count). The molecule has 0 radical (unpaired) electrons. The summed E-state index contributed by atoms with van der Waals surface area (Å²) in [6.45, 7) is 5.47. The van der Waals surface area contributed by atoms with Crippen LogP contribution in [0.3, 0.4) is 0 Å². The molecule has 3 heterocycles. The highest BCUT2D eigenvalue weighted by Gasteiger charge is 2.22. The van der Waals surface area contributed by atoms with Gasteiger partial charge in [-0.05, 0) is 51.9 Å². The summed E-state index contributed by atoms with van der Waals surface area (Å²) >= 11 is 0. The standard InChI is InChI=1S/C19H27N5O2/c1-13-17(14(2)26-23-13)5-6-19(25)24-8-3-4-15(7-9-24)10-16-11-22-18(20)12-21-16/h11-12,15H,3-10H2,1-2H3,(H2,20,22)/t15-/m0/s1. The molecule has 140 valence electrons. The molecule has 1 aliphatic heterocycles. The number of hydrogen-bond donors (Lipinski definition) is 1. The van der Waals surface area contributed by atoms with E-state index in [0.29, 0.717) is 24.6 Å². The Morgan fingerprint density at radius 3 is 2.81 bits per heavy atom. The number of carbonyl (C=O) groups is 1. The average molecular weight is 357 g/mol. The molecule has 2 aromatic rings. The maximum atomic E-state index is 12.6. The van der Waals surface area contributed by atoms with Crippen LogP contribution >= 0.6 is 0 Å². The van der Waals surface area contributed by atoms with E-state index in [0.717, 1.165) is 61.5 Å². The summed E-state index contributed by atoms with van der Waals surface area (Å²) in [4.78, 5) is 23.1. The first kappa shape index (κ1) is 18.4. The van der Waals surface area contributed by atoms with Crippen molar-refractivity contribution >= 4 is 11.7 Å². The Kier molecular flexibility index (Phi) is 5.85. The average Bonchev–Trinajstić information content (AvgIpc) is 2.82. The third-order valence-electron chi connectivity index (χ3n) is 5.19. The van der Waals surface area contributed by atoms with Crippen molar-refractivity contribution in [2.24, 2.45) is 5.92 Å². The minimum Gasteiger partial charge on any atom is -0.382 e. The van der Waals surface area contributed by atoms with E-state index >= 15 is 0 Å². The second-order valence-electron chi connectivity index (χ2n) is 7.12. The Labute approximate surface area is 154 Å². The molecule has 7 nitrogen and oxygen atoms in total. The predicted molar refractivity (Wildman–Crippen MR) is 98.4 cm³/mol. The molecule has 0 saturated carbocycles. The SMILES string of the molecule is Cc1noc(C)c1CCC(=O)N1CCC[C@H](Cc2cnc(N)cn2)CC1. The van der Waals surface area contributed by atoms with E-state index in [4.69, 9.17) is 10.3 Å². The van der Waals surface area contributed by atoms with Crippen LogP contribution in [0.5, 0.6) is 0 Å². The van der Waals surface area contributed by atoms with E-state index in [2.05, 4.69) is 15.1 Å².